The Bertz CT molecular complexity index is 660. The van der Waals surface area contributed by atoms with Crippen molar-refractivity contribution in [3.63, 3.8) is 0 Å². The zero-order chi connectivity index (χ0) is 17.6. The van der Waals surface area contributed by atoms with Gasteiger partial charge in [0.1, 0.15) is 10.7 Å². The summed E-state index contributed by atoms with van der Waals surface area (Å²) in [6.45, 7) is 4.50. The highest BCUT2D eigenvalue weighted by molar-refractivity contribution is 6.32. The van der Waals surface area contributed by atoms with Gasteiger partial charge in [-0.05, 0) is 26.2 Å². The monoisotopic (exact) mass is 366 g/mol. The van der Waals surface area contributed by atoms with E-state index in [1.54, 1.807) is 6.20 Å². The highest BCUT2D eigenvalue weighted by atomic mass is 35.5. The van der Waals surface area contributed by atoms with Crippen molar-refractivity contribution in [2.24, 2.45) is 0 Å². The smallest absolute Gasteiger partial charge is 0.232 e. The maximum atomic E-state index is 8.27. The first-order valence-corrected chi connectivity index (χ1v) is 8.81. The third-order valence-corrected chi connectivity index (χ3v) is 4.36. The highest BCUT2D eigenvalue weighted by Crippen LogP contribution is 2.21. The van der Waals surface area contributed by atoms with Gasteiger partial charge in [-0.15, -0.1) is 0 Å². The first-order chi connectivity index (χ1) is 12.1. The van der Waals surface area contributed by atoms with E-state index < -0.39 is 0 Å². The number of aromatic nitrogens is 2. The van der Waals surface area contributed by atoms with Crippen molar-refractivity contribution in [2.75, 3.05) is 37.0 Å². The topological polar surface area (TPSA) is 104 Å². The Kier molecular flexibility index (Phi) is 5.93. The molecule has 0 saturated carbocycles. The maximum absolute atomic E-state index is 8.27. The summed E-state index contributed by atoms with van der Waals surface area (Å²) in [7, 11) is 0. The summed E-state index contributed by atoms with van der Waals surface area (Å²) in [6.07, 6.45) is 4.15. The predicted octanol–water partition coefficient (Wildman–Crippen LogP) is 2.35. The second-order valence-electron chi connectivity index (χ2n) is 6.00. The Morgan fingerprint density at radius 1 is 1.36 bits per heavy atom. The van der Waals surface area contributed by atoms with Crippen LogP contribution in [-0.4, -0.2) is 48.3 Å². The zero-order valence-corrected chi connectivity index (χ0v) is 14.9. The molecule has 0 aliphatic carbocycles. The fourth-order valence-electron chi connectivity index (χ4n) is 2.73. The first-order valence-electron chi connectivity index (χ1n) is 8.44. The second-order valence-corrected chi connectivity index (χ2v) is 6.41. The lowest BCUT2D eigenvalue weighted by atomic mass is 10.1. The van der Waals surface area contributed by atoms with Gasteiger partial charge in [0.15, 0.2) is 5.82 Å². The average molecular weight is 367 g/mol. The molecule has 3 heterocycles. The van der Waals surface area contributed by atoms with Crippen LogP contribution in [0.2, 0.25) is 5.02 Å². The molecule has 1 aromatic heterocycles. The minimum absolute atomic E-state index is 0.0686. The van der Waals surface area contributed by atoms with Crippen LogP contribution < -0.4 is 16.0 Å². The van der Waals surface area contributed by atoms with Crippen molar-refractivity contribution in [2.45, 2.75) is 32.2 Å². The summed E-state index contributed by atoms with van der Waals surface area (Å²) in [5.74, 6) is 1.01. The molecule has 0 radical (unpaired) electrons. The van der Waals surface area contributed by atoms with Crippen molar-refractivity contribution >= 4 is 29.3 Å². The summed E-state index contributed by atoms with van der Waals surface area (Å²) in [4.78, 5) is 8.59. The SMILES string of the molecule is C/C(NC1CCOCC1)=C1\Nc2ncc(Cl)c(n2)NCCCOC1=N. The Labute approximate surface area is 151 Å². The fraction of sp³-hybridized carbons (Fsp3) is 0.562. The van der Waals surface area contributed by atoms with Crippen LogP contribution >= 0.6 is 11.6 Å². The van der Waals surface area contributed by atoms with Crippen molar-refractivity contribution in [3.05, 3.63) is 22.6 Å². The quantitative estimate of drug-likeness (QED) is 0.636. The lowest BCUT2D eigenvalue weighted by Gasteiger charge is -2.26. The van der Waals surface area contributed by atoms with Gasteiger partial charge < -0.3 is 25.4 Å². The lowest BCUT2D eigenvalue weighted by Crippen LogP contribution is -2.35. The van der Waals surface area contributed by atoms with Gasteiger partial charge >= 0.3 is 0 Å². The summed E-state index contributed by atoms with van der Waals surface area (Å²) in [5, 5.41) is 18.4. The standard InChI is InChI=1S/C16H23ClN6O2/c1-10(21-11-3-7-24-8-4-11)13-14(18)25-6-2-5-19-15-12(17)9-20-16(22-13)23-15/h9,11,18,21H,2-8H2,1H3,(H2,19,20,22,23)/b13-10+,18-14?. The molecule has 2 aliphatic rings. The number of hydrogen-bond acceptors (Lipinski definition) is 8. The summed E-state index contributed by atoms with van der Waals surface area (Å²) < 4.78 is 11.0. The van der Waals surface area contributed by atoms with Gasteiger partial charge in [-0.1, -0.05) is 11.6 Å². The molecular weight excluding hydrogens is 344 g/mol. The lowest BCUT2D eigenvalue weighted by molar-refractivity contribution is 0.0803. The summed E-state index contributed by atoms with van der Waals surface area (Å²) >= 11 is 6.12. The van der Waals surface area contributed by atoms with Crippen molar-refractivity contribution in [1.29, 1.82) is 5.41 Å². The van der Waals surface area contributed by atoms with Gasteiger partial charge in [-0.2, -0.15) is 4.98 Å². The van der Waals surface area contributed by atoms with Crippen LogP contribution in [-0.2, 0) is 9.47 Å². The third kappa shape index (κ3) is 4.73. The molecule has 2 aliphatic heterocycles. The van der Waals surface area contributed by atoms with E-state index in [9.17, 15) is 0 Å². The number of allylic oxidation sites excluding steroid dienone is 1. The van der Waals surface area contributed by atoms with E-state index in [1.165, 1.54) is 0 Å². The van der Waals surface area contributed by atoms with E-state index in [2.05, 4.69) is 25.9 Å². The van der Waals surface area contributed by atoms with Crippen LogP contribution in [0.1, 0.15) is 26.2 Å². The maximum Gasteiger partial charge on any atom is 0.232 e. The molecule has 0 aromatic carbocycles. The van der Waals surface area contributed by atoms with E-state index >= 15 is 0 Å². The van der Waals surface area contributed by atoms with Crippen LogP contribution in [0.4, 0.5) is 11.8 Å². The van der Waals surface area contributed by atoms with Gasteiger partial charge in [0.25, 0.3) is 0 Å². The number of nitrogens with one attached hydrogen (secondary N) is 4. The molecule has 0 unspecified atom stereocenters. The van der Waals surface area contributed by atoms with E-state index in [1.807, 2.05) is 6.92 Å². The number of fused-ring (bicyclic) bond motifs is 2. The largest absolute Gasteiger partial charge is 0.476 e. The van der Waals surface area contributed by atoms with Crippen LogP contribution in [0.3, 0.4) is 0 Å². The predicted molar refractivity (Wildman–Crippen MR) is 97.1 cm³/mol. The Morgan fingerprint density at radius 2 is 2.16 bits per heavy atom. The van der Waals surface area contributed by atoms with Crippen molar-refractivity contribution in [1.82, 2.24) is 15.3 Å². The van der Waals surface area contributed by atoms with Crippen molar-refractivity contribution in [3.8, 4) is 0 Å². The average Bonchev–Trinajstić information content (AvgIpc) is 2.64. The Hall–Kier alpha value is -2.06. The molecule has 2 bridgehead atoms. The summed E-state index contributed by atoms with van der Waals surface area (Å²) in [5.41, 5.74) is 1.35. The molecule has 4 N–H and O–H groups in total. The van der Waals surface area contributed by atoms with Gasteiger partial charge in [0.05, 0.1) is 12.8 Å². The number of hydrogen-bond donors (Lipinski definition) is 4. The Morgan fingerprint density at radius 3 is 2.96 bits per heavy atom. The van der Waals surface area contributed by atoms with E-state index in [0.29, 0.717) is 41.7 Å². The van der Waals surface area contributed by atoms with Gasteiger partial charge in [-0.3, -0.25) is 5.41 Å². The highest BCUT2D eigenvalue weighted by Gasteiger charge is 2.19. The third-order valence-electron chi connectivity index (χ3n) is 4.08. The van der Waals surface area contributed by atoms with E-state index in [-0.39, 0.29) is 5.90 Å². The molecule has 9 heteroatoms. The minimum Gasteiger partial charge on any atom is -0.476 e. The molecule has 8 nitrogen and oxygen atoms in total. The zero-order valence-electron chi connectivity index (χ0n) is 14.2. The van der Waals surface area contributed by atoms with Crippen molar-refractivity contribution < 1.29 is 9.47 Å². The normalized spacial score (nSPS) is 21.3. The number of anilines is 2. The molecule has 1 saturated heterocycles. The van der Waals surface area contributed by atoms with Crippen LogP contribution in [0, 0.1) is 5.41 Å². The fourth-order valence-corrected chi connectivity index (χ4v) is 2.89. The van der Waals surface area contributed by atoms with Gasteiger partial charge in [0.2, 0.25) is 11.8 Å². The van der Waals surface area contributed by atoms with E-state index in [4.69, 9.17) is 26.5 Å². The van der Waals surface area contributed by atoms with Crippen LogP contribution in [0.25, 0.3) is 0 Å². The number of nitrogens with zero attached hydrogens (tertiary/aromatic N) is 2. The molecule has 0 atom stereocenters. The molecule has 3 rings (SSSR count). The minimum atomic E-state index is 0.0686. The molecule has 0 spiro atoms. The van der Waals surface area contributed by atoms with Crippen LogP contribution in [0.15, 0.2) is 17.6 Å². The van der Waals surface area contributed by atoms with Gasteiger partial charge in [0, 0.05) is 31.5 Å². The molecular formula is C16H23ClN6O2. The van der Waals surface area contributed by atoms with Gasteiger partial charge in [-0.25, -0.2) is 4.98 Å². The first kappa shape index (κ1) is 17.8. The summed E-state index contributed by atoms with van der Waals surface area (Å²) in [6, 6.07) is 0.317. The molecule has 25 heavy (non-hydrogen) atoms. The Balaban J connectivity index is 1.85. The molecule has 1 fully saturated rings. The second kappa shape index (κ2) is 8.35. The number of rotatable bonds is 2. The molecule has 136 valence electrons. The number of halogens is 1. The molecule has 1 aromatic rings. The van der Waals surface area contributed by atoms with E-state index in [0.717, 1.165) is 38.2 Å². The molecule has 0 amide bonds. The van der Waals surface area contributed by atoms with Crippen LogP contribution in [0.5, 0.6) is 0 Å². The number of ether oxygens (including phenoxy) is 2.